The Hall–Kier alpha value is -1.89. The van der Waals surface area contributed by atoms with Gasteiger partial charge in [-0.1, -0.05) is 96.1 Å². The third-order valence-corrected chi connectivity index (χ3v) is 8.69. The highest BCUT2D eigenvalue weighted by Crippen LogP contribution is 2.20. The average Bonchev–Trinajstić information content (AvgIpc) is 2.96. The van der Waals surface area contributed by atoms with E-state index >= 15 is 0 Å². The van der Waals surface area contributed by atoms with Gasteiger partial charge in [-0.15, -0.1) is 0 Å². The summed E-state index contributed by atoms with van der Waals surface area (Å²) in [5.74, 6) is -2.30. The lowest BCUT2D eigenvalue weighted by Crippen LogP contribution is -2.51. The predicted molar refractivity (Wildman–Crippen MR) is 177 cm³/mol. The van der Waals surface area contributed by atoms with Crippen LogP contribution in [0, 0.1) is 0 Å². The normalized spacial score (nSPS) is 11.8. The lowest BCUT2D eigenvalue weighted by molar-refractivity contribution is -0.929. The molecule has 252 valence electrons. The van der Waals surface area contributed by atoms with E-state index in [1.54, 1.807) is 0 Å². The van der Waals surface area contributed by atoms with Crippen molar-refractivity contribution in [2.24, 2.45) is 0 Å². The van der Waals surface area contributed by atoms with Crippen LogP contribution >= 0.6 is 0 Å². The summed E-state index contributed by atoms with van der Waals surface area (Å²) in [6, 6.07) is 0. The zero-order chi connectivity index (χ0) is 31.9. The van der Waals surface area contributed by atoms with Crippen molar-refractivity contribution in [3.63, 3.8) is 0 Å². The van der Waals surface area contributed by atoms with Gasteiger partial charge in [0, 0.05) is 19.3 Å². The molecule has 0 aromatic carbocycles. The van der Waals surface area contributed by atoms with E-state index in [9.17, 15) is 14.4 Å². The van der Waals surface area contributed by atoms with E-state index in [1.807, 2.05) is 0 Å². The summed E-state index contributed by atoms with van der Waals surface area (Å²) < 4.78 is 0.870. The van der Waals surface area contributed by atoms with E-state index in [0.717, 1.165) is 56.3 Å². The number of aliphatic carboxylic acids is 3. The van der Waals surface area contributed by atoms with E-state index in [2.05, 4.69) is 19.1 Å². The van der Waals surface area contributed by atoms with Crippen molar-refractivity contribution in [1.82, 2.24) is 0 Å². The third kappa shape index (κ3) is 29.9. The van der Waals surface area contributed by atoms with Crippen molar-refractivity contribution < 1.29 is 34.2 Å². The lowest BCUT2D eigenvalue weighted by Gasteiger charge is -2.39. The molecule has 0 aliphatic heterocycles. The largest absolute Gasteiger partial charge is 0.481 e. The van der Waals surface area contributed by atoms with Crippen molar-refractivity contribution in [2.75, 3.05) is 26.2 Å². The van der Waals surface area contributed by atoms with Crippen LogP contribution in [-0.2, 0) is 14.4 Å². The van der Waals surface area contributed by atoms with Gasteiger partial charge in [-0.25, -0.2) is 0 Å². The molecule has 0 aliphatic carbocycles. The molecule has 0 aliphatic rings. The first-order chi connectivity index (χ1) is 20.8. The first-order valence-electron chi connectivity index (χ1n) is 18.0. The number of unbranched alkanes of at least 4 members (excludes halogenated alkanes) is 18. The smallest absolute Gasteiger partial charge is 0.303 e. The molecule has 0 unspecified atom stereocenters. The fraction of sp³-hybridized carbons (Fsp3) is 0.861. The molecule has 0 spiro atoms. The molecule has 0 aromatic heterocycles. The second kappa shape index (κ2) is 30.1. The van der Waals surface area contributed by atoms with Crippen LogP contribution in [0.4, 0.5) is 0 Å². The molecular weight excluding hydrogens is 542 g/mol. The van der Waals surface area contributed by atoms with E-state index < -0.39 is 17.9 Å². The minimum Gasteiger partial charge on any atom is -0.481 e. The molecule has 7 heteroatoms. The van der Waals surface area contributed by atoms with Gasteiger partial charge in [-0.05, 0) is 70.6 Å². The number of rotatable bonds is 34. The van der Waals surface area contributed by atoms with Gasteiger partial charge in [0.1, 0.15) is 0 Å². The van der Waals surface area contributed by atoms with Crippen molar-refractivity contribution in [3.05, 3.63) is 12.2 Å². The number of carboxylic acids is 3. The maximum atomic E-state index is 11.0. The Labute approximate surface area is 264 Å². The fourth-order valence-electron chi connectivity index (χ4n) is 6.07. The second-order valence-corrected chi connectivity index (χ2v) is 12.8. The molecule has 43 heavy (non-hydrogen) atoms. The van der Waals surface area contributed by atoms with Gasteiger partial charge in [-0.3, -0.25) is 14.4 Å². The summed E-state index contributed by atoms with van der Waals surface area (Å²) in [6.07, 6.45) is 31.8. The molecule has 0 bridgehead atoms. The van der Waals surface area contributed by atoms with Crippen molar-refractivity contribution in [1.29, 1.82) is 0 Å². The van der Waals surface area contributed by atoms with E-state index in [4.69, 9.17) is 15.3 Å². The molecule has 0 fully saturated rings. The number of nitrogens with zero attached hydrogens (tertiary/aromatic N) is 1. The second-order valence-electron chi connectivity index (χ2n) is 12.8. The summed E-state index contributed by atoms with van der Waals surface area (Å²) in [4.78, 5) is 33.0. The number of quaternary nitrogens is 1. The number of carbonyl (C=O) groups is 3. The monoisotopic (exact) mass is 611 g/mol. The Morgan fingerprint density at radius 1 is 0.419 bits per heavy atom. The minimum absolute atomic E-state index is 0.176. The standard InChI is InChI=1S/C36H67NO6/c1-2-3-4-5-6-7-8-9-10-11-12-13-14-15-16-17-18-19-23-30-37(31-24-20-27-34(38)39,32-25-21-28-35(40)41)33-26-22-29-36(42)43/h4-5H,2-3,6-33H2,1H3,(H2-,38,39,40,41,42,43)/p+1/b5-4+. The van der Waals surface area contributed by atoms with Crippen LogP contribution in [0.25, 0.3) is 0 Å². The van der Waals surface area contributed by atoms with Crippen molar-refractivity contribution >= 4 is 17.9 Å². The van der Waals surface area contributed by atoms with Gasteiger partial charge in [0.25, 0.3) is 0 Å². The van der Waals surface area contributed by atoms with Crippen LogP contribution in [-0.4, -0.2) is 63.9 Å². The van der Waals surface area contributed by atoms with Gasteiger partial charge in [0.15, 0.2) is 0 Å². The Bertz CT molecular complexity index is 653. The molecule has 0 amide bonds. The Morgan fingerprint density at radius 2 is 0.698 bits per heavy atom. The van der Waals surface area contributed by atoms with Gasteiger partial charge in [0.05, 0.1) is 26.2 Å². The number of allylic oxidation sites excluding steroid dienone is 2. The maximum absolute atomic E-state index is 11.0. The van der Waals surface area contributed by atoms with Crippen LogP contribution in [0.15, 0.2) is 12.2 Å². The van der Waals surface area contributed by atoms with Gasteiger partial charge in [-0.2, -0.15) is 0 Å². The summed E-state index contributed by atoms with van der Waals surface area (Å²) >= 11 is 0. The molecule has 0 aromatic rings. The van der Waals surface area contributed by atoms with Gasteiger partial charge in [0.2, 0.25) is 0 Å². The number of hydrogen-bond acceptors (Lipinski definition) is 3. The zero-order valence-corrected chi connectivity index (χ0v) is 27.9. The van der Waals surface area contributed by atoms with Crippen molar-refractivity contribution in [3.8, 4) is 0 Å². The zero-order valence-electron chi connectivity index (χ0n) is 27.9. The summed E-state index contributed by atoms with van der Waals surface area (Å²) in [6.45, 7) is 5.92. The lowest BCUT2D eigenvalue weighted by atomic mass is 10.0. The van der Waals surface area contributed by atoms with Crippen LogP contribution in [0.1, 0.15) is 174 Å². The Morgan fingerprint density at radius 3 is 1.02 bits per heavy atom. The van der Waals surface area contributed by atoms with Crippen LogP contribution in [0.2, 0.25) is 0 Å². The van der Waals surface area contributed by atoms with Gasteiger partial charge >= 0.3 is 17.9 Å². The summed E-state index contributed by atoms with van der Waals surface area (Å²) in [5, 5.41) is 27.2. The van der Waals surface area contributed by atoms with Crippen LogP contribution in [0.3, 0.4) is 0 Å². The average molecular weight is 611 g/mol. The molecule has 0 saturated carbocycles. The van der Waals surface area contributed by atoms with E-state index in [0.29, 0.717) is 19.3 Å². The highest BCUT2D eigenvalue weighted by molar-refractivity contribution is 5.67. The Kier molecular flexibility index (Phi) is 28.8. The number of hydrogen-bond donors (Lipinski definition) is 3. The fourth-order valence-corrected chi connectivity index (χ4v) is 6.07. The third-order valence-electron chi connectivity index (χ3n) is 8.69. The van der Waals surface area contributed by atoms with Gasteiger partial charge < -0.3 is 19.8 Å². The molecule has 7 nitrogen and oxygen atoms in total. The first kappa shape index (κ1) is 41.1. The maximum Gasteiger partial charge on any atom is 0.303 e. The SMILES string of the molecule is CCC/C=C/CCCCCCCCCCCCCCCC[N+](CCCCC(=O)O)(CCCCC(=O)O)CCCCC(=O)O. The topological polar surface area (TPSA) is 112 Å². The summed E-state index contributed by atoms with van der Waals surface area (Å²) in [7, 11) is 0. The van der Waals surface area contributed by atoms with E-state index in [-0.39, 0.29) is 19.3 Å². The predicted octanol–water partition coefficient (Wildman–Crippen LogP) is 9.78. The van der Waals surface area contributed by atoms with Crippen LogP contribution in [0.5, 0.6) is 0 Å². The molecular formula is C36H68NO6+. The number of carboxylic acid groups (broad SMARTS) is 3. The summed E-state index contributed by atoms with van der Waals surface area (Å²) in [5.41, 5.74) is 0. The van der Waals surface area contributed by atoms with Crippen LogP contribution < -0.4 is 0 Å². The molecule has 0 rings (SSSR count). The van der Waals surface area contributed by atoms with Crippen molar-refractivity contribution in [2.45, 2.75) is 174 Å². The molecule has 3 N–H and O–H groups in total. The molecule has 0 radical (unpaired) electrons. The van der Waals surface area contributed by atoms with E-state index in [1.165, 1.54) is 103 Å². The quantitative estimate of drug-likeness (QED) is 0.0380. The highest BCUT2D eigenvalue weighted by atomic mass is 16.4. The molecule has 0 heterocycles. The molecule has 0 atom stereocenters. The minimum atomic E-state index is -0.766. The highest BCUT2D eigenvalue weighted by Gasteiger charge is 2.26. The Balaban J connectivity index is 4.26. The first-order valence-corrected chi connectivity index (χ1v) is 18.0. The molecule has 0 saturated heterocycles.